The molecule has 5 nitrogen and oxygen atoms in total. The lowest BCUT2D eigenvalue weighted by atomic mass is 9.75. The SMILES string of the molecule is CCCC1(C(=O)O)CCN(C(=O)CC2CCCN2)CC1. The van der Waals surface area contributed by atoms with E-state index in [4.69, 9.17) is 0 Å². The summed E-state index contributed by atoms with van der Waals surface area (Å²) in [6.45, 7) is 4.22. The Bertz CT molecular complexity index is 356. The molecule has 0 saturated carbocycles. The first-order valence-electron chi connectivity index (χ1n) is 7.82. The maximum absolute atomic E-state index is 12.2. The monoisotopic (exact) mass is 282 g/mol. The van der Waals surface area contributed by atoms with E-state index in [1.54, 1.807) is 0 Å². The van der Waals surface area contributed by atoms with Crippen molar-refractivity contribution in [2.45, 2.75) is 57.9 Å². The summed E-state index contributed by atoms with van der Waals surface area (Å²) in [6, 6.07) is 0.323. The lowest BCUT2D eigenvalue weighted by molar-refractivity contribution is -0.155. The van der Waals surface area contributed by atoms with E-state index in [2.05, 4.69) is 5.32 Å². The van der Waals surface area contributed by atoms with Crippen molar-refractivity contribution in [3.05, 3.63) is 0 Å². The van der Waals surface area contributed by atoms with Crippen LogP contribution in [0.1, 0.15) is 51.9 Å². The Hall–Kier alpha value is -1.10. The molecular formula is C15H26N2O3. The highest BCUT2D eigenvalue weighted by atomic mass is 16.4. The molecule has 1 amide bonds. The number of carbonyl (C=O) groups excluding carboxylic acids is 1. The van der Waals surface area contributed by atoms with Crippen LogP contribution in [0.25, 0.3) is 0 Å². The summed E-state index contributed by atoms with van der Waals surface area (Å²) in [5, 5.41) is 12.8. The molecule has 2 aliphatic heterocycles. The minimum Gasteiger partial charge on any atom is -0.481 e. The molecule has 0 aromatic carbocycles. The third-order valence-electron chi connectivity index (χ3n) is 4.84. The van der Waals surface area contributed by atoms with Crippen molar-refractivity contribution in [3.8, 4) is 0 Å². The summed E-state index contributed by atoms with van der Waals surface area (Å²) in [5.41, 5.74) is -0.600. The number of rotatable bonds is 5. The number of amides is 1. The zero-order valence-electron chi connectivity index (χ0n) is 12.4. The predicted octanol–water partition coefficient (Wildman–Crippen LogP) is 1.62. The fourth-order valence-electron chi connectivity index (χ4n) is 3.50. The molecule has 0 aliphatic carbocycles. The number of hydrogen-bond acceptors (Lipinski definition) is 3. The molecule has 0 spiro atoms. The van der Waals surface area contributed by atoms with Crippen LogP contribution >= 0.6 is 0 Å². The normalized spacial score (nSPS) is 25.6. The third kappa shape index (κ3) is 3.32. The number of likely N-dealkylation sites (tertiary alicyclic amines) is 1. The van der Waals surface area contributed by atoms with Crippen molar-refractivity contribution in [1.29, 1.82) is 0 Å². The highest BCUT2D eigenvalue weighted by Gasteiger charge is 2.41. The molecule has 114 valence electrons. The van der Waals surface area contributed by atoms with Gasteiger partial charge in [0.05, 0.1) is 5.41 Å². The van der Waals surface area contributed by atoms with Crippen LogP contribution in [0, 0.1) is 5.41 Å². The van der Waals surface area contributed by atoms with Crippen LogP contribution in [0.2, 0.25) is 0 Å². The molecule has 2 saturated heterocycles. The minimum atomic E-state index is -0.691. The number of aliphatic carboxylic acids is 1. The lowest BCUT2D eigenvalue weighted by Crippen LogP contribution is -2.47. The van der Waals surface area contributed by atoms with Gasteiger partial charge in [-0.1, -0.05) is 13.3 Å². The average Bonchev–Trinajstić information content (AvgIpc) is 2.92. The number of carbonyl (C=O) groups is 2. The van der Waals surface area contributed by atoms with Crippen molar-refractivity contribution >= 4 is 11.9 Å². The number of carboxylic acids is 1. The maximum Gasteiger partial charge on any atom is 0.309 e. The lowest BCUT2D eigenvalue weighted by Gasteiger charge is -2.39. The molecular weight excluding hydrogens is 256 g/mol. The fraction of sp³-hybridized carbons (Fsp3) is 0.867. The fourth-order valence-corrected chi connectivity index (χ4v) is 3.50. The number of piperidine rings is 1. The molecule has 2 rings (SSSR count). The maximum atomic E-state index is 12.2. The second kappa shape index (κ2) is 6.57. The van der Waals surface area contributed by atoms with Crippen LogP contribution in [0.3, 0.4) is 0 Å². The summed E-state index contributed by atoms with van der Waals surface area (Å²) in [6.07, 6.45) is 5.58. The highest BCUT2D eigenvalue weighted by molar-refractivity contribution is 5.78. The van der Waals surface area contributed by atoms with E-state index >= 15 is 0 Å². The molecule has 5 heteroatoms. The third-order valence-corrected chi connectivity index (χ3v) is 4.84. The van der Waals surface area contributed by atoms with Crippen LogP contribution in [0.15, 0.2) is 0 Å². The Morgan fingerprint density at radius 3 is 2.55 bits per heavy atom. The van der Waals surface area contributed by atoms with Gasteiger partial charge in [0.15, 0.2) is 0 Å². The second-order valence-electron chi connectivity index (χ2n) is 6.21. The van der Waals surface area contributed by atoms with Gasteiger partial charge >= 0.3 is 5.97 Å². The van der Waals surface area contributed by atoms with Gasteiger partial charge in [0.1, 0.15) is 0 Å². The molecule has 20 heavy (non-hydrogen) atoms. The molecule has 2 heterocycles. The van der Waals surface area contributed by atoms with Gasteiger partial charge < -0.3 is 15.3 Å². The highest BCUT2D eigenvalue weighted by Crippen LogP contribution is 2.36. The van der Waals surface area contributed by atoms with Crippen LogP contribution in [0.4, 0.5) is 0 Å². The Balaban J connectivity index is 1.86. The van der Waals surface area contributed by atoms with Crippen molar-refractivity contribution in [3.63, 3.8) is 0 Å². The average molecular weight is 282 g/mol. The molecule has 1 atom stereocenters. The first-order valence-corrected chi connectivity index (χ1v) is 7.82. The molecule has 0 bridgehead atoms. The number of hydrogen-bond donors (Lipinski definition) is 2. The Morgan fingerprint density at radius 2 is 2.05 bits per heavy atom. The van der Waals surface area contributed by atoms with Crippen molar-refractivity contribution < 1.29 is 14.7 Å². The first kappa shape index (κ1) is 15.3. The summed E-state index contributed by atoms with van der Waals surface area (Å²) in [7, 11) is 0. The van der Waals surface area contributed by atoms with Crippen molar-refractivity contribution in [1.82, 2.24) is 10.2 Å². The molecule has 2 fully saturated rings. The van der Waals surface area contributed by atoms with Gasteiger partial charge in [-0.2, -0.15) is 0 Å². The van der Waals surface area contributed by atoms with E-state index < -0.39 is 11.4 Å². The number of carboxylic acid groups (broad SMARTS) is 1. The molecule has 0 radical (unpaired) electrons. The standard InChI is InChI=1S/C15H26N2O3/c1-2-5-15(14(19)20)6-9-17(10-7-15)13(18)11-12-4-3-8-16-12/h12,16H,2-11H2,1H3,(H,19,20). The number of nitrogens with zero attached hydrogens (tertiary/aromatic N) is 1. The molecule has 0 aromatic rings. The van der Waals surface area contributed by atoms with Crippen LogP contribution in [-0.4, -0.2) is 47.6 Å². The summed E-state index contributed by atoms with van der Waals surface area (Å²) < 4.78 is 0. The quantitative estimate of drug-likeness (QED) is 0.804. The van der Waals surface area contributed by atoms with Gasteiger partial charge in [-0.05, 0) is 38.6 Å². The Labute approximate surface area is 120 Å². The van der Waals surface area contributed by atoms with E-state index in [0.717, 1.165) is 25.8 Å². The van der Waals surface area contributed by atoms with Gasteiger partial charge in [0.25, 0.3) is 0 Å². The minimum absolute atomic E-state index is 0.180. The van der Waals surface area contributed by atoms with Gasteiger partial charge in [0, 0.05) is 25.6 Å². The summed E-state index contributed by atoms with van der Waals surface area (Å²) in [4.78, 5) is 25.6. The second-order valence-corrected chi connectivity index (χ2v) is 6.21. The van der Waals surface area contributed by atoms with E-state index in [9.17, 15) is 14.7 Å². The van der Waals surface area contributed by atoms with Gasteiger partial charge in [-0.25, -0.2) is 0 Å². The zero-order valence-corrected chi connectivity index (χ0v) is 12.4. The largest absolute Gasteiger partial charge is 0.481 e. The van der Waals surface area contributed by atoms with Crippen molar-refractivity contribution in [2.75, 3.05) is 19.6 Å². The first-order chi connectivity index (χ1) is 9.57. The van der Waals surface area contributed by atoms with Gasteiger partial charge in [-0.3, -0.25) is 9.59 Å². The summed E-state index contributed by atoms with van der Waals surface area (Å²) in [5.74, 6) is -0.510. The molecule has 2 N–H and O–H groups in total. The van der Waals surface area contributed by atoms with E-state index in [1.165, 1.54) is 0 Å². The van der Waals surface area contributed by atoms with Crippen molar-refractivity contribution in [2.24, 2.45) is 5.41 Å². The topological polar surface area (TPSA) is 69.6 Å². The smallest absolute Gasteiger partial charge is 0.309 e. The van der Waals surface area contributed by atoms with E-state index in [0.29, 0.717) is 44.8 Å². The molecule has 1 unspecified atom stereocenters. The van der Waals surface area contributed by atoms with Gasteiger partial charge in [0.2, 0.25) is 5.91 Å². The molecule has 0 aromatic heterocycles. The Morgan fingerprint density at radius 1 is 1.35 bits per heavy atom. The van der Waals surface area contributed by atoms with Crippen LogP contribution < -0.4 is 5.32 Å². The molecule has 2 aliphatic rings. The predicted molar refractivity (Wildman–Crippen MR) is 76.4 cm³/mol. The Kier molecular flexibility index (Phi) is 5.02. The van der Waals surface area contributed by atoms with Crippen LogP contribution in [-0.2, 0) is 9.59 Å². The van der Waals surface area contributed by atoms with Gasteiger partial charge in [-0.15, -0.1) is 0 Å². The zero-order chi connectivity index (χ0) is 14.6. The van der Waals surface area contributed by atoms with E-state index in [-0.39, 0.29) is 5.91 Å². The summed E-state index contributed by atoms with van der Waals surface area (Å²) >= 11 is 0. The number of nitrogens with one attached hydrogen (secondary N) is 1. The van der Waals surface area contributed by atoms with E-state index in [1.807, 2.05) is 11.8 Å². The van der Waals surface area contributed by atoms with Crippen LogP contribution in [0.5, 0.6) is 0 Å².